The first-order chi connectivity index (χ1) is 10.2. The van der Waals surface area contributed by atoms with Crippen LogP contribution in [0.1, 0.15) is 18.4 Å². The highest BCUT2D eigenvalue weighted by Crippen LogP contribution is 2.50. The van der Waals surface area contributed by atoms with E-state index in [1.165, 1.54) is 36.2 Å². The van der Waals surface area contributed by atoms with E-state index in [0.717, 1.165) is 12.8 Å². The Morgan fingerprint density at radius 1 is 1.23 bits per heavy atom. The highest BCUT2D eigenvalue weighted by Gasteiger charge is 2.65. The molecule has 2 aliphatic rings. The van der Waals surface area contributed by atoms with E-state index < -0.39 is 17.6 Å². The summed E-state index contributed by atoms with van der Waals surface area (Å²) >= 11 is 0. The van der Waals surface area contributed by atoms with Gasteiger partial charge in [0.25, 0.3) is 5.91 Å². The van der Waals surface area contributed by atoms with Gasteiger partial charge < -0.3 is 10.6 Å². The summed E-state index contributed by atoms with van der Waals surface area (Å²) in [6.45, 7) is 0.526. The molecule has 1 aliphatic carbocycles. The van der Waals surface area contributed by atoms with Crippen LogP contribution in [0.25, 0.3) is 0 Å². The maximum absolute atomic E-state index is 13.9. The number of benzene rings is 1. The molecule has 1 saturated heterocycles. The number of hydrogen-bond donors (Lipinski definition) is 2. The summed E-state index contributed by atoms with van der Waals surface area (Å²) in [5.74, 6) is -0.964. The smallest absolute Gasteiger partial charge is 0.399 e. The third kappa shape index (κ3) is 2.15. The zero-order chi connectivity index (χ0) is 16.2. The fraction of sp³-hybridized carbons (Fsp3) is 0.533. The van der Waals surface area contributed by atoms with Crippen LogP contribution in [0.5, 0.6) is 0 Å². The first-order valence-electron chi connectivity index (χ1n) is 7.14. The van der Waals surface area contributed by atoms with E-state index in [9.17, 15) is 18.0 Å². The van der Waals surface area contributed by atoms with E-state index in [-0.39, 0.29) is 17.5 Å². The van der Waals surface area contributed by atoms with Crippen molar-refractivity contribution in [1.82, 2.24) is 10.2 Å². The maximum Gasteiger partial charge on any atom is 0.419 e. The molecule has 22 heavy (non-hydrogen) atoms. The van der Waals surface area contributed by atoms with E-state index in [2.05, 4.69) is 5.32 Å². The lowest BCUT2D eigenvalue weighted by Crippen LogP contribution is -2.61. The van der Waals surface area contributed by atoms with Crippen LogP contribution in [-0.2, 0) is 10.3 Å². The molecule has 4 nitrogen and oxygen atoms in total. The predicted octanol–water partition coefficient (Wildman–Crippen LogP) is 1.87. The van der Waals surface area contributed by atoms with Crippen molar-refractivity contribution in [3.05, 3.63) is 29.8 Å². The number of hydrogen-bond acceptors (Lipinski definition) is 3. The molecular formula is C15H18F3N3O. The molecule has 1 unspecified atom stereocenters. The zero-order valence-electron chi connectivity index (χ0n) is 12.2. The molecule has 1 aromatic carbocycles. The van der Waals surface area contributed by atoms with Gasteiger partial charge in [0.1, 0.15) is 0 Å². The molecule has 1 amide bonds. The number of nitrogens with two attached hydrogens (primary N) is 1. The third-order valence-electron chi connectivity index (χ3n) is 4.69. The van der Waals surface area contributed by atoms with Gasteiger partial charge >= 0.3 is 6.18 Å². The molecule has 1 saturated carbocycles. The van der Waals surface area contributed by atoms with Crippen LogP contribution >= 0.6 is 0 Å². The second kappa shape index (κ2) is 4.62. The highest BCUT2D eigenvalue weighted by atomic mass is 19.4. The van der Waals surface area contributed by atoms with Gasteiger partial charge in [-0.05, 0) is 30.5 Å². The van der Waals surface area contributed by atoms with E-state index in [1.807, 2.05) is 0 Å². The number of alkyl halides is 3. The summed E-state index contributed by atoms with van der Waals surface area (Å²) in [6, 6.07) is 5.31. The molecule has 0 aromatic heterocycles. The Morgan fingerprint density at radius 3 is 2.32 bits per heavy atom. The molecule has 1 atom stereocenters. The van der Waals surface area contributed by atoms with Gasteiger partial charge in [-0.3, -0.25) is 10.1 Å². The molecule has 1 aliphatic heterocycles. The molecule has 0 bridgehead atoms. The second-order valence-electron chi connectivity index (χ2n) is 6.38. The number of carbonyl (C=O) groups is 1. The molecule has 120 valence electrons. The van der Waals surface area contributed by atoms with Crippen LogP contribution in [0.4, 0.5) is 18.9 Å². The van der Waals surface area contributed by atoms with E-state index in [0.29, 0.717) is 12.2 Å². The normalized spacial score (nSPS) is 27.8. The lowest BCUT2D eigenvalue weighted by Gasteiger charge is -2.36. The first kappa shape index (κ1) is 15.1. The van der Waals surface area contributed by atoms with E-state index >= 15 is 0 Å². The van der Waals surface area contributed by atoms with Crippen LogP contribution in [-0.4, -0.2) is 37.1 Å². The average molecular weight is 313 g/mol. The number of rotatable bonds is 1. The van der Waals surface area contributed by atoms with Gasteiger partial charge in [-0.25, -0.2) is 0 Å². The van der Waals surface area contributed by atoms with Crippen molar-refractivity contribution in [3.63, 3.8) is 0 Å². The molecule has 1 spiro atoms. The van der Waals surface area contributed by atoms with Crippen LogP contribution in [0, 0.1) is 5.41 Å². The molecule has 1 aromatic rings. The van der Waals surface area contributed by atoms with Crippen molar-refractivity contribution < 1.29 is 18.0 Å². The highest BCUT2D eigenvalue weighted by molar-refractivity contribution is 5.89. The Labute approximate surface area is 126 Å². The van der Waals surface area contributed by atoms with Crippen molar-refractivity contribution >= 4 is 11.6 Å². The molecule has 7 heteroatoms. The van der Waals surface area contributed by atoms with E-state index in [4.69, 9.17) is 5.73 Å². The number of halogens is 3. The Morgan fingerprint density at radius 2 is 1.82 bits per heavy atom. The van der Waals surface area contributed by atoms with Gasteiger partial charge in [0.05, 0.1) is 0 Å². The number of nitrogens with one attached hydrogen (secondary N) is 1. The number of nitrogen functional groups attached to an aromatic ring is 1. The molecule has 3 N–H and O–H groups in total. The molecule has 1 heterocycles. The quantitative estimate of drug-likeness (QED) is 0.778. The molecule has 3 rings (SSSR count). The Bertz CT molecular complexity index is 595. The van der Waals surface area contributed by atoms with Crippen LogP contribution in [0.3, 0.4) is 0 Å². The second-order valence-corrected chi connectivity index (χ2v) is 6.38. The van der Waals surface area contributed by atoms with Crippen molar-refractivity contribution in [2.24, 2.45) is 5.41 Å². The Hall–Kier alpha value is -1.76. The number of nitrogens with zero attached hydrogens (tertiary/aromatic N) is 1. The van der Waals surface area contributed by atoms with E-state index in [1.54, 1.807) is 0 Å². The summed E-state index contributed by atoms with van der Waals surface area (Å²) in [5, 5.41) is 2.55. The van der Waals surface area contributed by atoms with Crippen molar-refractivity contribution in [2.45, 2.75) is 24.6 Å². The predicted molar refractivity (Wildman–Crippen MR) is 75.9 cm³/mol. The summed E-state index contributed by atoms with van der Waals surface area (Å²) in [6.07, 6.45) is -3.06. The van der Waals surface area contributed by atoms with Gasteiger partial charge in [0, 0.05) is 31.2 Å². The standard InChI is InChI=1S/C15H18F3N3O/c1-21-9-13(6-7-13)8-20-14(12(21)22,15(16,17)18)10-2-4-11(19)5-3-10/h2-5,20H,6-9,19H2,1H3. The lowest BCUT2D eigenvalue weighted by atomic mass is 9.87. The Balaban J connectivity index is 2.12. The Kier molecular flexibility index (Phi) is 3.18. The maximum atomic E-state index is 13.9. The fourth-order valence-electron chi connectivity index (χ4n) is 3.17. The number of anilines is 1. The van der Waals surface area contributed by atoms with Gasteiger partial charge in [-0.15, -0.1) is 0 Å². The first-order valence-corrected chi connectivity index (χ1v) is 7.14. The summed E-state index contributed by atoms with van der Waals surface area (Å²) in [5.41, 5.74) is 2.87. The van der Waals surface area contributed by atoms with Crippen molar-refractivity contribution in [1.29, 1.82) is 0 Å². The minimum absolute atomic E-state index is 0.122. The van der Waals surface area contributed by atoms with Crippen molar-refractivity contribution in [2.75, 3.05) is 25.9 Å². The van der Waals surface area contributed by atoms with Crippen LogP contribution in [0.2, 0.25) is 0 Å². The molecule has 2 fully saturated rings. The number of carbonyl (C=O) groups excluding carboxylic acids is 1. The van der Waals surface area contributed by atoms with Crippen LogP contribution < -0.4 is 11.1 Å². The minimum Gasteiger partial charge on any atom is -0.399 e. The van der Waals surface area contributed by atoms with Gasteiger partial charge in [-0.1, -0.05) is 12.1 Å². The number of likely N-dealkylation sites (N-methyl/N-ethyl adjacent to an activating group) is 1. The zero-order valence-corrected chi connectivity index (χ0v) is 12.2. The van der Waals surface area contributed by atoms with Gasteiger partial charge in [0.2, 0.25) is 5.54 Å². The summed E-state index contributed by atoms with van der Waals surface area (Å²) in [7, 11) is 1.44. The monoisotopic (exact) mass is 313 g/mol. The van der Waals surface area contributed by atoms with Crippen molar-refractivity contribution in [3.8, 4) is 0 Å². The largest absolute Gasteiger partial charge is 0.419 e. The van der Waals surface area contributed by atoms with Gasteiger partial charge in [-0.2, -0.15) is 13.2 Å². The topological polar surface area (TPSA) is 58.4 Å². The third-order valence-corrected chi connectivity index (χ3v) is 4.69. The molecule has 0 radical (unpaired) electrons. The average Bonchev–Trinajstić information content (AvgIpc) is 3.20. The molecular weight excluding hydrogens is 295 g/mol. The summed E-state index contributed by atoms with van der Waals surface area (Å²) < 4.78 is 41.8. The lowest BCUT2D eigenvalue weighted by molar-refractivity contribution is -0.207. The number of amides is 1. The SMILES string of the molecule is CN1CC2(CC2)CNC(c2ccc(N)cc2)(C(F)(F)F)C1=O. The van der Waals surface area contributed by atoms with Gasteiger partial charge in [0.15, 0.2) is 0 Å². The fourth-order valence-corrected chi connectivity index (χ4v) is 3.17. The minimum atomic E-state index is -4.74. The summed E-state index contributed by atoms with van der Waals surface area (Å²) in [4.78, 5) is 13.8. The van der Waals surface area contributed by atoms with Crippen LogP contribution in [0.15, 0.2) is 24.3 Å².